The fourth-order valence-corrected chi connectivity index (χ4v) is 3.98. The maximum Gasteiger partial charge on any atom is 0.404 e. The Labute approximate surface area is 216 Å². The van der Waals surface area contributed by atoms with Crippen LogP contribution in [0.1, 0.15) is 43.2 Å². The molecule has 1 atom stereocenters. The summed E-state index contributed by atoms with van der Waals surface area (Å²) in [5.41, 5.74) is 6.15. The van der Waals surface area contributed by atoms with Crippen molar-refractivity contribution in [2.75, 3.05) is 37.1 Å². The number of primary amides is 1. The first-order valence-electron chi connectivity index (χ1n) is 12.4. The topological polar surface area (TPSA) is 146 Å². The SMILES string of the molecule is [2H]NC(=O)OCC1c2cc(NC(=O)COCCCC)ccc2-c2ccc(NC(=O)COC(=C)CC=O)cc21. The van der Waals surface area contributed by atoms with Gasteiger partial charge in [0.1, 0.15) is 19.5 Å². The van der Waals surface area contributed by atoms with Gasteiger partial charge in [-0.25, -0.2) is 4.79 Å². The molecule has 37 heavy (non-hydrogen) atoms. The molecule has 1 aliphatic carbocycles. The highest BCUT2D eigenvalue weighted by molar-refractivity contribution is 5.94. The van der Waals surface area contributed by atoms with Gasteiger partial charge in [-0.3, -0.25) is 9.59 Å². The van der Waals surface area contributed by atoms with Crippen LogP contribution in [0.25, 0.3) is 11.1 Å². The Morgan fingerprint density at radius 3 is 2.22 bits per heavy atom. The monoisotopic (exact) mass is 510 g/mol. The molecular formula is C27H31N3O7. The molecule has 0 aliphatic heterocycles. The van der Waals surface area contributed by atoms with Crippen molar-refractivity contribution in [3.05, 3.63) is 59.9 Å². The summed E-state index contributed by atoms with van der Waals surface area (Å²) in [5, 5.41) is 5.57. The molecule has 0 spiro atoms. The minimum atomic E-state index is -0.897. The van der Waals surface area contributed by atoms with Crippen LogP contribution in [-0.4, -0.2) is 50.6 Å². The van der Waals surface area contributed by atoms with Crippen LogP contribution in [0, 0.1) is 0 Å². The summed E-state index contributed by atoms with van der Waals surface area (Å²) in [6.07, 6.45) is 1.60. The van der Waals surface area contributed by atoms with Crippen LogP contribution in [0.3, 0.4) is 0 Å². The van der Waals surface area contributed by atoms with E-state index in [-0.39, 0.29) is 37.9 Å². The van der Waals surface area contributed by atoms with Gasteiger partial charge in [-0.05, 0) is 52.9 Å². The molecule has 0 saturated carbocycles. The second-order valence-electron chi connectivity index (χ2n) is 8.46. The van der Waals surface area contributed by atoms with E-state index in [1.807, 2.05) is 25.1 Å². The largest absolute Gasteiger partial charge is 0.488 e. The number of unbranched alkanes of at least 4 members (excludes halogenated alkanes) is 1. The summed E-state index contributed by atoms with van der Waals surface area (Å²) in [5.74, 6) is -0.920. The zero-order valence-corrected chi connectivity index (χ0v) is 20.6. The summed E-state index contributed by atoms with van der Waals surface area (Å²) in [7, 11) is 0. The molecule has 196 valence electrons. The fourth-order valence-electron chi connectivity index (χ4n) is 3.98. The molecule has 2 aromatic carbocycles. The third-order valence-electron chi connectivity index (χ3n) is 5.69. The van der Waals surface area contributed by atoms with E-state index < -0.39 is 17.9 Å². The molecule has 10 nitrogen and oxygen atoms in total. The Bertz CT molecular complexity index is 1200. The number of fused-ring (bicyclic) bond motifs is 3. The van der Waals surface area contributed by atoms with E-state index in [9.17, 15) is 19.2 Å². The number of anilines is 2. The van der Waals surface area contributed by atoms with Crippen molar-refractivity contribution < 1.29 is 34.8 Å². The number of aldehydes is 1. The highest BCUT2D eigenvalue weighted by atomic mass is 16.5. The first-order valence-corrected chi connectivity index (χ1v) is 11.9. The lowest BCUT2D eigenvalue weighted by Gasteiger charge is -2.15. The van der Waals surface area contributed by atoms with Crippen molar-refractivity contribution in [1.82, 2.24) is 0 Å². The Hall–Kier alpha value is -4.18. The number of allylic oxidation sites excluding steroid dienone is 1. The first-order chi connectivity index (χ1) is 18.4. The number of hydrogen-bond acceptors (Lipinski definition) is 7. The van der Waals surface area contributed by atoms with E-state index in [2.05, 4.69) is 17.2 Å². The van der Waals surface area contributed by atoms with Crippen molar-refractivity contribution in [3.8, 4) is 11.1 Å². The van der Waals surface area contributed by atoms with Crippen LogP contribution in [-0.2, 0) is 28.6 Å². The van der Waals surface area contributed by atoms with Crippen LogP contribution in [0.15, 0.2) is 48.7 Å². The Morgan fingerprint density at radius 2 is 1.65 bits per heavy atom. The summed E-state index contributed by atoms with van der Waals surface area (Å²) in [6.45, 7) is 5.71. The minimum Gasteiger partial charge on any atom is -0.488 e. The number of carbonyl (C=O) groups excluding carboxylic acids is 4. The van der Waals surface area contributed by atoms with Crippen molar-refractivity contribution in [2.24, 2.45) is 5.73 Å². The van der Waals surface area contributed by atoms with Crippen molar-refractivity contribution in [2.45, 2.75) is 32.1 Å². The molecule has 0 aromatic heterocycles. The lowest BCUT2D eigenvalue weighted by Crippen LogP contribution is -2.20. The van der Waals surface area contributed by atoms with Gasteiger partial charge in [-0.1, -0.05) is 32.1 Å². The summed E-state index contributed by atoms with van der Waals surface area (Å²) >= 11 is 0. The number of rotatable bonds is 14. The van der Waals surface area contributed by atoms with E-state index in [4.69, 9.17) is 15.6 Å². The molecule has 3 rings (SSSR count). The molecule has 0 heterocycles. The molecule has 0 radical (unpaired) electrons. The molecular weight excluding hydrogens is 478 g/mol. The first kappa shape index (κ1) is 25.9. The van der Waals surface area contributed by atoms with Gasteiger partial charge in [-0.15, -0.1) is 0 Å². The molecule has 0 fully saturated rings. The zero-order chi connectivity index (χ0) is 27.5. The quantitative estimate of drug-likeness (QED) is 0.199. The lowest BCUT2D eigenvalue weighted by atomic mass is 9.97. The van der Waals surface area contributed by atoms with Gasteiger partial charge in [0.25, 0.3) is 5.91 Å². The van der Waals surface area contributed by atoms with Crippen molar-refractivity contribution >= 4 is 35.6 Å². The average Bonchev–Trinajstić information content (AvgIpc) is 3.20. The fraction of sp³-hybridized carbons (Fsp3) is 0.333. The van der Waals surface area contributed by atoms with Gasteiger partial charge < -0.3 is 35.4 Å². The smallest absolute Gasteiger partial charge is 0.404 e. The van der Waals surface area contributed by atoms with Gasteiger partial charge >= 0.3 is 6.09 Å². The number of benzene rings is 2. The van der Waals surface area contributed by atoms with E-state index >= 15 is 0 Å². The number of carbonyl (C=O) groups is 4. The highest BCUT2D eigenvalue weighted by Crippen LogP contribution is 2.46. The maximum absolute atomic E-state index is 12.3. The van der Waals surface area contributed by atoms with Gasteiger partial charge in [-0.2, -0.15) is 0 Å². The Balaban J connectivity index is 1.78. The predicted octanol–water partition coefficient (Wildman–Crippen LogP) is 3.71. The van der Waals surface area contributed by atoms with Crippen LogP contribution in [0.2, 0.25) is 1.41 Å². The summed E-state index contributed by atoms with van der Waals surface area (Å²) in [4.78, 5) is 46.8. The molecule has 1 aliphatic rings. The van der Waals surface area contributed by atoms with Crippen molar-refractivity contribution in [3.63, 3.8) is 0 Å². The third kappa shape index (κ3) is 7.65. The Morgan fingerprint density at radius 1 is 1.03 bits per heavy atom. The minimum absolute atomic E-state index is 0.00623. The van der Waals surface area contributed by atoms with Crippen LogP contribution >= 0.6 is 0 Å². The van der Waals surface area contributed by atoms with Crippen molar-refractivity contribution in [1.29, 1.82) is 0 Å². The Kier molecular flexibility index (Phi) is 9.25. The van der Waals surface area contributed by atoms with Gasteiger partial charge in [0.15, 0.2) is 8.02 Å². The summed E-state index contributed by atoms with van der Waals surface area (Å²) in [6, 6.07) is 10.8. The van der Waals surface area contributed by atoms with E-state index in [1.54, 1.807) is 23.9 Å². The van der Waals surface area contributed by atoms with Gasteiger partial charge in [0, 0.05) is 23.9 Å². The molecule has 10 heteroatoms. The summed E-state index contributed by atoms with van der Waals surface area (Å²) < 4.78 is 22.8. The molecule has 3 amide bonds. The van der Waals surface area contributed by atoms with E-state index in [0.29, 0.717) is 24.3 Å². The number of nitrogens with two attached hydrogens (primary N) is 1. The molecule has 1 unspecified atom stereocenters. The number of hydrogen-bond donors (Lipinski definition) is 3. The molecule has 0 saturated heterocycles. The van der Waals surface area contributed by atoms with Gasteiger partial charge in [0.05, 0.1) is 12.2 Å². The molecule has 4 N–H and O–H groups in total. The molecule has 0 bridgehead atoms. The van der Waals surface area contributed by atoms with Crippen LogP contribution < -0.4 is 16.4 Å². The van der Waals surface area contributed by atoms with E-state index in [0.717, 1.165) is 35.1 Å². The standard InChI is InChI=1S/C27H31N3O7/c1-3-4-11-35-15-25(32)29-18-5-7-20-21-8-6-19(30-26(33)16-36-17(2)9-10-31)13-23(21)24(22(20)12-18)14-37-27(28)34/h5-8,10,12-13,24H,2-4,9,11,14-16H2,1H3,(H2,28,34)(H,29,32)(H,30,33)/i/hD. The van der Waals surface area contributed by atoms with E-state index in [1.165, 1.54) is 0 Å². The highest BCUT2D eigenvalue weighted by Gasteiger charge is 2.30. The second-order valence-corrected chi connectivity index (χ2v) is 8.46. The maximum atomic E-state index is 12.3. The predicted molar refractivity (Wildman–Crippen MR) is 138 cm³/mol. The number of ether oxygens (including phenoxy) is 3. The number of nitrogens with one attached hydrogen (secondary N) is 2. The van der Waals surface area contributed by atoms with Crippen LogP contribution in [0.5, 0.6) is 0 Å². The lowest BCUT2D eigenvalue weighted by molar-refractivity contribution is -0.121. The molecule has 2 aromatic rings. The normalized spacial score (nSPS) is 13.4. The third-order valence-corrected chi connectivity index (χ3v) is 5.69. The number of amides is 3. The zero-order valence-electron chi connectivity index (χ0n) is 21.6. The second kappa shape index (κ2) is 13.2. The van der Waals surface area contributed by atoms with Crippen LogP contribution in [0.4, 0.5) is 16.2 Å². The van der Waals surface area contributed by atoms with Gasteiger partial charge in [0.2, 0.25) is 5.91 Å². The average molecular weight is 511 g/mol.